The second kappa shape index (κ2) is 11.7. The molecule has 0 radical (unpaired) electrons. The molecule has 1 rings (SSSR count). The van der Waals surface area contributed by atoms with Crippen LogP contribution in [0.1, 0.15) is 78.1 Å². The van der Waals surface area contributed by atoms with Gasteiger partial charge < -0.3 is 9.90 Å². The van der Waals surface area contributed by atoms with Gasteiger partial charge in [0.1, 0.15) is 5.97 Å². The minimum absolute atomic E-state index is 0. The van der Waals surface area contributed by atoms with Crippen molar-refractivity contribution < 1.29 is 44.3 Å². The topological polar surface area (TPSA) is 57.2 Å². The van der Waals surface area contributed by atoms with Crippen LogP contribution in [0.5, 0.6) is 0 Å². The maximum absolute atomic E-state index is 11.6. The second-order valence-corrected chi connectivity index (χ2v) is 6.20. The molecular formula is C17H29NaO3. The van der Waals surface area contributed by atoms with E-state index in [2.05, 4.69) is 13.8 Å². The average molecular weight is 304 g/mol. The van der Waals surface area contributed by atoms with Gasteiger partial charge in [0.25, 0.3) is 0 Å². The van der Waals surface area contributed by atoms with E-state index in [1.165, 1.54) is 38.5 Å². The zero-order valence-electron chi connectivity index (χ0n) is 14.0. The van der Waals surface area contributed by atoms with E-state index < -0.39 is 11.8 Å². The van der Waals surface area contributed by atoms with Crippen LogP contribution in [-0.2, 0) is 9.59 Å². The predicted molar refractivity (Wildman–Crippen MR) is 78.0 cm³/mol. The minimum atomic E-state index is -1.48. The molecule has 1 fully saturated rings. The Morgan fingerprint density at radius 2 is 1.24 bits per heavy atom. The first-order valence-electron chi connectivity index (χ1n) is 8.38. The molecule has 3 nitrogen and oxygen atoms in total. The fourth-order valence-corrected chi connectivity index (χ4v) is 3.37. The summed E-state index contributed by atoms with van der Waals surface area (Å²) >= 11 is 0. The SMILES string of the molecule is CCCCCCC1C(CCCCCC)C1C(=O)C(=O)[O-].[Na+]. The van der Waals surface area contributed by atoms with Crippen LogP contribution in [0.15, 0.2) is 0 Å². The molecule has 1 saturated carbocycles. The van der Waals surface area contributed by atoms with Gasteiger partial charge in [-0.05, 0) is 24.7 Å². The van der Waals surface area contributed by atoms with Gasteiger partial charge >= 0.3 is 29.6 Å². The monoisotopic (exact) mass is 304 g/mol. The van der Waals surface area contributed by atoms with Gasteiger partial charge in [0.15, 0.2) is 5.78 Å². The fraction of sp³-hybridized carbons (Fsp3) is 0.882. The third-order valence-corrected chi connectivity index (χ3v) is 4.62. The summed E-state index contributed by atoms with van der Waals surface area (Å²) < 4.78 is 0. The normalized spacial score (nSPS) is 23.4. The quantitative estimate of drug-likeness (QED) is 0.292. The van der Waals surface area contributed by atoms with Gasteiger partial charge in [-0.2, -0.15) is 0 Å². The van der Waals surface area contributed by atoms with Gasteiger partial charge in [-0.3, -0.25) is 4.79 Å². The molecule has 0 amide bonds. The Balaban J connectivity index is 0.00000400. The number of carboxylic acids is 1. The molecule has 21 heavy (non-hydrogen) atoms. The zero-order chi connectivity index (χ0) is 15.0. The molecule has 0 saturated heterocycles. The van der Waals surface area contributed by atoms with Crippen molar-refractivity contribution in [2.45, 2.75) is 78.1 Å². The van der Waals surface area contributed by atoms with Crippen molar-refractivity contribution in [2.24, 2.45) is 17.8 Å². The molecule has 2 atom stereocenters. The van der Waals surface area contributed by atoms with Crippen LogP contribution in [0.3, 0.4) is 0 Å². The van der Waals surface area contributed by atoms with Crippen LogP contribution in [0.25, 0.3) is 0 Å². The van der Waals surface area contributed by atoms with Gasteiger partial charge in [-0.1, -0.05) is 65.2 Å². The Hall–Kier alpha value is 0.140. The Morgan fingerprint density at radius 3 is 1.57 bits per heavy atom. The number of hydrogen-bond donors (Lipinski definition) is 0. The van der Waals surface area contributed by atoms with Crippen LogP contribution in [0.2, 0.25) is 0 Å². The van der Waals surface area contributed by atoms with E-state index in [4.69, 9.17) is 0 Å². The summed E-state index contributed by atoms with van der Waals surface area (Å²) in [7, 11) is 0. The number of rotatable bonds is 12. The van der Waals surface area contributed by atoms with E-state index in [1.54, 1.807) is 0 Å². The Bertz CT molecular complexity index is 299. The summed E-state index contributed by atoms with van der Waals surface area (Å²) in [5, 5.41) is 10.8. The van der Waals surface area contributed by atoms with Crippen molar-refractivity contribution in [3.8, 4) is 0 Å². The van der Waals surface area contributed by atoms with E-state index in [0.29, 0.717) is 11.8 Å². The van der Waals surface area contributed by atoms with Crippen molar-refractivity contribution in [1.82, 2.24) is 0 Å². The molecule has 0 N–H and O–H groups in total. The minimum Gasteiger partial charge on any atom is -0.542 e. The van der Waals surface area contributed by atoms with Crippen molar-refractivity contribution in [2.75, 3.05) is 0 Å². The summed E-state index contributed by atoms with van der Waals surface area (Å²) in [4.78, 5) is 22.4. The number of hydrogen-bond acceptors (Lipinski definition) is 3. The summed E-state index contributed by atoms with van der Waals surface area (Å²) in [5.41, 5.74) is 0. The maximum Gasteiger partial charge on any atom is 1.00 e. The number of carbonyl (C=O) groups is 2. The molecule has 0 aliphatic heterocycles. The second-order valence-electron chi connectivity index (χ2n) is 6.20. The van der Waals surface area contributed by atoms with E-state index in [-0.39, 0.29) is 35.5 Å². The van der Waals surface area contributed by atoms with Crippen LogP contribution >= 0.6 is 0 Å². The molecule has 116 valence electrons. The molecule has 0 heterocycles. The van der Waals surface area contributed by atoms with Crippen molar-refractivity contribution in [1.29, 1.82) is 0 Å². The third-order valence-electron chi connectivity index (χ3n) is 4.62. The molecule has 0 spiro atoms. The van der Waals surface area contributed by atoms with Gasteiger partial charge in [0, 0.05) is 5.92 Å². The van der Waals surface area contributed by atoms with E-state index >= 15 is 0 Å². The summed E-state index contributed by atoms with van der Waals surface area (Å²) in [6, 6.07) is 0. The van der Waals surface area contributed by atoms with Crippen LogP contribution < -0.4 is 34.7 Å². The summed E-state index contributed by atoms with van der Waals surface area (Å²) in [5.74, 6) is -1.73. The van der Waals surface area contributed by atoms with Gasteiger partial charge in [-0.25, -0.2) is 0 Å². The maximum atomic E-state index is 11.6. The van der Waals surface area contributed by atoms with Gasteiger partial charge in [-0.15, -0.1) is 0 Å². The first kappa shape index (κ1) is 21.1. The first-order chi connectivity index (χ1) is 9.63. The van der Waals surface area contributed by atoms with Gasteiger partial charge in [0.05, 0.1) is 0 Å². The van der Waals surface area contributed by atoms with Crippen LogP contribution in [-0.4, -0.2) is 11.8 Å². The number of aliphatic carboxylic acids is 1. The molecule has 0 aromatic rings. The number of carboxylic acid groups (broad SMARTS) is 1. The molecule has 1 aliphatic rings. The third kappa shape index (κ3) is 7.30. The van der Waals surface area contributed by atoms with Crippen molar-refractivity contribution in [3.63, 3.8) is 0 Å². The molecular weight excluding hydrogens is 275 g/mol. The zero-order valence-corrected chi connectivity index (χ0v) is 16.0. The van der Waals surface area contributed by atoms with E-state index in [1.807, 2.05) is 0 Å². The Labute approximate surface area is 151 Å². The molecule has 0 aromatic heterocycles. The van der Waals surface area contributed by atoms with E-state index in [0.717, 1.165) is 25.7 Å². The average Bonchev–Trinajstić information content (AvgIpc) is 3.11. The first-order valence-corrected chi connectivity index (χ1v) is 8.38. The number of carbonyl (C=O) groups excluding carboxylic acids is 2. The molecule has 4 heteroatoms. The van der Waals surface area contributed by atoms with Crippen molar-refractivity contribution >= 4 is 11.8 Å². The number of unbranched alkanes of at least 4 members (excludes halogenated alkanes) is 6. The number of Topliss-reactive ketones (excluding diaryl/α,β-unsaturated/α-hetero) is 1. The molecule has 2 unspecified atom stereocenters. The smallest absolute Gasteiger partial charge is 0.542 e. The molecule has 1 aliphatic carbocycles. The van der Waals surface area contributed by atoms with Gasteiger partial charge in [0.2, 0.25) is 0 Å². The molecule has 0 aromatic carbocycles. The summed E-state index contributed by atoms with van der Waals surface area (Å²) in [6.07, 6.45) is 11.5. The molecule has 0 bridgehead atoms. The van der Waals surface area contributed by atoms with Crippen LogP contribution in [0, 0.1) is 17.8 Å². The Morgan fingerprint density at radius 1 is 0.810 bits per heavy atom. The number of ketones is 1. The van der Waals surface area contributed by atoms with Crippen LogP contribution in [0.4, 0.5) is 0 Å². The largest absolute Gasteiger partial charge is 1.00 e. The van der Waals surface area contributed by atoms with Crippen molar-refractivity contribution in [3.05, 3.63) is 0 Å². The van der Waals surface area contributed by atoms with E-state index in [9.17, 15) is 14.7 Å². The Kier molecular flexibility index (Phi) is 11.8. The fourth-order valence-electron chi connectivity index (χ4n) is 3.37. The summed E-state index contributed by atoms with van der Waals surface area (Å²) in [6.45, 7) is 4.35. The predicted octanol–water partition coefficient (Wildman–Crippen LogP) is 0.112. The standard InChI is InChI=1S/C17H30O3.Na/c1-3-5-7-9-11-13-14(12-10-8-6-4-2)15(13)16(18)17(19)20;/h13-15H,3-12H2,1-2H3,(H,19,20);/q;+1/p-1.